The van der Waals surface area contributed by atoms with Gasteiger partial charge in [-0.1, -0.05) is 13.3 Å². The van der Waals surface area contributed by atoms with Crippen molar-refractivity contribution in [2.75, 3.05) is 31.9 Å². The van der Waals surface area contributed by atoms with Crippen molar-refractivity contribution in [3.05, 3.63) is 0 Å². The number of nitrogens with one attached hydrogen (secondary N) is 5. The summed E-state index contributed by atoms with van der Waals surface area (Å²) in [7, 11) is 0. The molecule has 0 aromatic rings. The third kappa shape index (κ3) is 4.53. The predicted molar refractivity (Wildman–Crippen MR) is 127 cm³/mol. The number of carbonyl (C=O) groups is 2. The molecule has 4 heterocycles. The van der Waals surface area contributed by atoms with Crippen molar-refractivity contribution in [2.45, 2.75) is 61.9 Å². The van der Waals surface area contributed by atoms with Crippen LogP contribution in [-0.4, -0.2) is 71.7 Å². The maximum atomic E-state index is 13.2. The summed E-state index contributed by atoms with van der Waals surface area (Å²) < 4.78 is 0. The molecule has 0 bridgehead atoms. The number of halogens is 1. The van der Waals surface area contributed by atoms with Crippen LogP contribution >= 0.6 is 23.4 Å². The van der Waals surface area contributed by atoms with Crippen molar-refractivity contribution in [2.24, 2.45) is 29.6 Å². The van der Waals surface area contributed by atoms with Crippen LogP contribution in [0.1, 0.15) is 39.0 Å². The van der Waals surface area contributed by atoms with Crippen molar-refractivity contribution in [3.63, 3.8) is 0 Å². The zero-order valence-electron chi connectivity index (χ0n) is 18.8. The molecular formula is C22H37ClN6O2S. The van der Waals surface area contributed by atoms with Crippen molar-refractivity contribution in [1.82, 2.24) is 31.9 Å². The quantitative estimate of drug-likeness (QED) is 0.374. The highest BCUT2D eigenvalue weighted by atomic mass is 35.5. The number of nitrogens with zero attached hydrogens (tertiary/aromatic N) is 1. The van der Waals surface area contributed by atoms with Crippen molar-refractivity contribution < 1.29 is 9.59 Å². The molecule has 10 heteroatoms. The van der Waals surface area contributed by atoms with Gasteiger partial charge in [-0.15, -0.1) is 23.4 Å². The zero-order chi connectivity index (χ0) is 22.2. The van der Waals surface area contributed by atoms with E-state index in [-0.39, 0.29) is 40.6 Å². The molecule has 4 aliphatic heterocycles. The fraction of sp³-hybridized carbons (Fsp3) is 0.909. The fourth-order valence-electron chi connectivity index (χ4n) is 6.76. The number of hydrogen-bond acceptors (Lipinski definition) is 7. The van der Waals surface area contributed by atoms with Crippen LogP contribution in [0.25, 0.3) is 0 Å². The summed E-state index contributed by atoms with van der Waals surface area (Å²) in [6.45, 7) is 5.58. The molecule has 180 valence electrons. The second kappa shape index (κ2) is 9.96. The highest BCUT2D eigenvalue weighted by molar-refractivity contribution is 8.00. The standard InChI is InChI=1S/C22H37ClN6O2S/c1-12-17(14-3-2-4-16-15(14)5-6-24-21(16)30)11-32-19(12)22(31)28-13-9-18(23)20(25-10-13)29-26-7-8-27-29/h12-20,25-27H,2-11H2,1H3,(H,24,30)(H,28,31). The molecule has 5 N–H and O–H groups in total. The van der Waals surface area contributed by atoms with Crippen LogP contribution in [0.4, 0.5) is 0 Å². The number of alkyl halides is 1. The molecule has 0 aromatic carbocycles. The molecule has 1 aliphatic carbocycles. The van der Waals surface area contributed by atoms with Crippen LogP contribution in [0.5, 0.6) is 0 Å². The number of fused-ring (bicyclic) bond motifs is 1. The normalized spacial score (nSPS) is 45.3. The summed E-state index contributed by atoms with van der Waals surface area (Å²) in [5, 5.41) is 11.7. The number of piperidine rings is 2. The Morgan fingerprint density at radius 1 is 1.12 bits per heavy atom. The van der Waals surface area contributed by atoms with Crippen LogP contribution in [0.3, 0.4) is 0 Å². The monoisotopic (exact) mass is 484 g/mol. The smallest absolute Gasteiger partial charge is 0.233 e. The van der Waals surface area contributed by atoms with Gasteiger partial charge in [0.2, 0.25) is 11.8 Å². The Morgan fingerprint density at radius 3 is 2.72 bits per heavy atom. The first kappa shape index (κ1) is 23.2. The van der Waals surface area contributed by atoms with E-state index in [0.29, 0.717) is 23.7 Å². The summed E-state index contributed by atoms with van der Waals surface area (Å²) in [4.78, 5) is 25.6. The average molecular weight is 485 g/mol. The van der Waals surface area contributed by atoms with Crippen molar-refractivity contribution in [3.8, 4) is 0 Å². The highest BCUT2D eigenvalue weighted by Crippen LogP contribution is 2.50. The minimum Gasteiger partial charge on any atom is -0.356 e. The number of amides is 2. The zero-order valence-corrected chi connectivity index (χ0v) is 20.4. The van der Waals surface area contributed by atoms with E-state index in [1.165, 1.54) is 6.42 Å². The van der Waals surface area contributed by atoms with E-state index in [1.54, 1.807) is 0 Å². The van der Waals surface area contributed by atoms with Gasteiger partial charge in [-0.3, -0.25) is 14.9 Å². The van der Waals surface area contributed by atoms with E-state index in [4.69, 9.17) is 11.6 Å². The number of hydrazine groups is 2. The molecule has 0 aromatic heterocycles. The molecule has 5 rings (SSSR count). The van der Waals surface area contributed by atoms with E-state index in [9.17, 15) is 9.59 Å². The van der Waals surface area contributed by atoms with Gasteiger partial charge in [0.15, 0.2) is 0 Å². The first-order valence-electron chi connectivity index (χ1n) is 12.4. The predicted octanol–water partition coefficient (Wildman–Crippen LogP) is 0.643. The van der Waals surface area contributed by atoms with Crippen LogP contribution in [0.15, 0.2) is 0 Å². The second-order valence-electron chi connectivity index (χ2n) is 10.2. The summed E-state index contributed by atoms with van der Waals surface area (Å²) in [6, 6.07) is 0.0526. The molecule has 5 aliphatic rings. The molecule has 32 heavy (non-hydrogen) atoms. The lowest BCUT2D eigenvalue weighted by Gasteiger charge is -2.44. The summed E-state index contributed by atoms with van der Waals surface area (Å²) >= 11 is 8.47. The van der Waals surface area contributed by atoms with E-state index >= 15 is 0 Å². The molecule has 1 saturated carbocycles. The van der Waals surface area contributed by atoms with Crippen LogP contribution in [-0.2, 0) is 9.59 Å². The van der Waals surface area contributed by atoms with Crippen LogP contribution in [0, 0.1) is 29.6 Å². The Kier molecular flexibility index (Phi) is 7.21. The maximum absolute atomic E-state index is 13.2. The topological polar surface area (TPSA) is 97.5 Å². The van der Waals surface area contributed by atoms with E-state index in [0.717, 1.165) is 57.6 Å². The average Bonchev–Trinajstić information content (AvgIpc) is 3.44. The number of carbonyl (C=O) groups excluding carboxylic acids is 2. The Hall–Kier alpha value is -0.580. The summed E-state index contributed by atoms with van der Waals surface area (Å²) in [6.07, 6.45) is 5.24. The third-order valence-electron chi connectivity index (χ3n) is 8.40. The molecule has 0 spiro atoms. The first-order chi connectivity index (χ1) is 15.5. The molecular weight excluding hydrogens is 448 g/mol. The molecule has 5 fully saturated rings. The SMILES string of the molecule is CC1C(C(=O)NC2CNC(N3NCCN3)C(Cl)C2)SCC1C1CCCC2C(=O)NCCC21. The molecule has 8 nitrogen and oxygen atoms in total. The summed E-state index contributed by atoms with van der Waals surface area (Å²) in [5.74, 6) is 3.57. The number of rotatable bonds is 4. The molecule has 9 atom stereocenters. The Balaban J connectivity index is 1.16. The van der Waals surface area contributed by atoms with Gasteiger partial charge in [-0.05, 0) is 55.1 Å². The lowest BCUT2D eigenvalue weighted by atomic mass is 9.62. The van der Waals surface area contributed by atoms with Crippen molar-refractivity contribution >= 4 is 35.2 Å². The van der Waals surface area contributed by atoms with Gasteiger partial charge in [-0.2, -0.15) is 5.12 Å². The highest BCUT2D eigenvalue weighted by Gasteiger charge is 2.48. The lowest BCUT2D eigenvalue weighted by Crippen LogP contribution is -2.64. The molecule has 4 saturated heterocycles. The molecule has 2 amide bonds. The van der Waals surface area contributed by atoms with Gasteiger partial charge in [-0.25, -0.2) is 10.9 Å². The Morgan fingerprint density at radius 2 is 1.94 bits per heavy atom. The van der Waals surface area contributed by atoms with E-state index in [1.807, 2.05) is 16.9 Å². The first-order valence-corrected chi connectivity index (χ1v) is 13.8. The van der Waals surface area contributed by atoms with Gasteiger partial charge in [0.25, 0.3) is 0 Å². The van der Waals surface area contributed by atoms with Crippen LogP contribution < -0.4 is 26.8 Å². The molecule has 0 radical (unpaired) electrons. The minimum atomic E-state index is -0.0924. The Labute approximate surface area is 200 Å². The van der Waals surface area contributed by atoms with Gasteiger partial charge in [0, 0.05) is 38.1 Å². The van der Waals surface area contributed by atoms with Gasteiger partial charge in [0.1, 0.15) is 6.17 Å². The van der Waals surface area contributed by atoms with Crippen LogP contribution in [0.2, 0.25) is 0 Å². The maximum Gasteiger partial charge on any atom is 0.233 e. The third-order valence-corrected chi connectivity index (χ3v) is 10.4. The van der Waals surface area contributed by atoms with Crippen molar-refractivity contribution in [1.29, 1.82) is 0 Å². The summed E-state index contributed by atoms with van der Waals surface area (Å²) in [5.41, 5.74) is 6.56. The van der Waals surface area contributed by atoms with Gasteiger partial charge >= 0.3 is 0 Å². The number of hydrogen-bond donors (Lipinski definition) is 5. The minimum absolute atomic E-state index is 0.00814. The lowest BCUT2D eigenvalue weighted by molar-refractivity contribution is -0.132. The van der Waals surface area contributed by atoms with Gasteiger partial charge < -0.3 is 10.6 Å². The van der Waals surface area contributed by atoms with E-state index in [2.05, 4.69) is 33.7 Å². The second-order valence-corrected chi connectivity index (χ2v) is 12.0. The molecule has 9 unspecified atom stereocenters. The van der Waals surface area contributed by atoms with Gasteiger partial charge in [0.05, 0.1) is 10.6 Å². The van der Waals surface area contributed by atoms with E-state index < -0.39 is 0 Å². The Bertz CT molecular complexity index is 710. The number of thioether (sulfide) groups is 1. The largest absolute Gasteiger partial charge is 0.356 e. The fourth-order valence-corrected chi connectivity index (χ4v) is 8.88.